The molecule has 1 aliphatic heterocycles. The summed E-state index contributed by atoms with van der Waals surface area (Å²) in [6, 6.07) is 11.3. The summed E-state index contributed by atoms with van der Waals surface area (Å²) in [6.07, 6.45) is 2.24. The molecule has 1 aliphatic rings. The van der Waals surface area contributed by atoms with Gasteiger partial charge in [-0.25, -0.2) is 4.98 Å². The molecule has 4 rings (SSSR count). The largest absolute Gasteiger partial charge is 0.467 e. The first-order valence-corrected chi connectivity index (χ1v) is 17.0. The Kier molecular flexibility index (Phi) is 9.38. The predicted octanol–water partition coefficient (Wildman–Crippen LogP) is 5.50. The molecule has 3 aromatic rings. The van der Waals surface area contributed by atoms with Crippen LogP contribution in [0.15, 0.2) is 28.7 Å². The van der Waals surface area contributed by atoms with Gasteiger partial charge in [-0.3, -0.25) is 0 Å². The Labute approximate surface area is 226 Å². The van der Waals surface area contributed by atoms with E-state index >= 15 is 0 Å². The van der Waals surface area contributed by atoms with Crippen molar-refractivity contribution in [2.75, 3.05) is 45.5 Å². The predicted molar refractivity (Wildman–Crippen MR) is 151 cm³/mol. The summed E-state index contributed by atoms with van der Waals surface area (Å²) in [5.74, 6) is 0.527. The molecule has 10 heteroatoms. The first kappa shape index (κ1) is 28.0. The second kappa shape index (κ2) is 12.7. The van der Waals surface area contributed by atoms with Crippen molar-refractivity contribution in [2.45, 2.75) is 58.1 Å². The highest BCUT2D eigenvalue weighted by atomic mass is 28.3. The lowest BCUT2D eigenvalue weighted by molar-refractivity contribution is 0.0222. The highest BCUT2D eigenvalue weighted by Gasteiger charge is 2.22. The van der Waals surface area contributed by atoms with Crippen LogP contribution in [0.2, 0.25) is 25.7 Å². The molecule has 0 bridgehead atoms. The lowest BCUT2D eigenvalue weighted by Crippen LogP contribution is -2.41. The van der Waals surface area contributed by atoms with E-state index in [2.05, 4.69) is 47.8 Å². The molecule has 1 N–H and O–H groups in total. The third-order valence-electron chi connectivity index (χ3n) is 6.70. The number of pyridine rings is 1. The van der Waals surface area contributed by atoms with Crippen LogP contribution in [0.5, 0.6) is 5.75 Å². The van der Waals surface area contributed by atoms with Crippen molar-refractivity contribution in [2.24, 2.45) is 0 Å². The van der Waals surface area contributed by atoms with E-state index in [9.17, 15) is 5.26 Å². The molecule has 38 heavy (non-hydrogen) atoms. The molecule has 0 saturated carbocycles. The first-order chi connectivity index (χ1) is 18.3. The number of aromatic nitrogens is 2. The molecule has 1 saturated heterocycles. The number of likely N-dealkylation sites (tertiary alicyclic amines) is 1. The zero-order valence-corrected chi connectivity index (χ0v) is 24.2. The zero-order chi connectivity index (χ0) is 27.1. The van der Waals surface area contributed by atoms with Gasteiger partial charge in [0.05, 0.1) is 23.9 Å². The number of anilines is 1. The molecule has 2 aromatic heterocycles. The van der Waals surface area contributed by atoms with E-state index in [1.54, 1.807) is 13.2 Å². The van der Waals surface area contributed by atoms with Crippen molar-refractivity contribution >= 4 is 25.3 Å². The third kappa shape index (κ3) is 7.32. The molecule has 0 spiro atoms. The Morgan fingerprint density at radius 2 is 2.08 bits per heavy atom. The Morgan fingerprint density at radius 1 is 1.24 bits per heavy atom. The first-order valence-electron chi connectivity index (χ1n) is 13.3. The summed E-state index contributed by atoms with van der Waals surface area (Å²) >= 11 is 0. The number of fused-ring (bicyclic) bond motifs is 1. The molecule has 1 atom stereocenters. The molecule has 0 radical (unpaired) electrons. The fourth-order valence-electron chi connectivity index (χ4n) is 4.61. The van der Waals surface area contributed by atoms with Crippen LogP contribution in [-0.4, -0.2) is 69.1 Å². The maximum Gasteiger partial charge on any atom is 0.297 e. The number of benzene rings is 1. The number of ether oxygens (including phenoxy) is 3. The van der Waals surface area contributed by atoms with Crippen molar-refractivity contribution in [3.05, 3.63) is 35.4 Å². The Bertz CT molecular complexity index is 1270. The lowest BCUT2D eigenvalue weighted by Gasteiger charge is -2.31. The minimum absolute atomic E-state index is 0.0925. The SMILES string of the molecule is CCN1CCCC(Nc2nc3nc(-c4c(COC)cc(C#N)cc4OCOCC[Si](C)(C)C)ccc3o2)C1. The number of nitrogens with zero attached hydrogens (tertiary/aromatic N) is 4. The van der Waals surface area contributed by atoms with E-state index in [0.717, 1.165) is 49.6 Å². The monoisotopic (exact) mass is 537 g/mol. The van der Waals surface area contributed by atoms with Gasteiger partial charge in [0.25, 0.3) is 6.01 Å². The maximum atomic E-state index is 9.61. The topological polar surface area (TPSA) is 106 Å². The normalized spacial score (nSPS) is 16.5. The second-order valence-corrected chi connectivity index (χ2v) is 16.6. The number of hydrogen-bond donors (Lipinski definition) is 1. The van der Waals surface area contributed by atoms with E-state index in [4.69, 9.17) is 23.6 Å². The van der Waals surface area contributed by atoms with Gasteiger partial charge in [0, 0.05) is 39.9 Å². The van der Waals surface area contributed by atoms with Crippen molar-refractivity contribution in [3.63, 3.8) is 0 Å². The van der Waals surface area contributed by atoms with Crippen LogP contribution in [-0.2, 0) is 16.1 Å². The van der Waals surface area contributed by atoms with Crippen LogP contribution in [0.1, 0.15) is 30.9 Å². The molecule has 3 heterocycles. The fourth-order valence-corrected chi connectivity index (χ4v) is 5.37. The Hall–Kier alpha value is -2.97. The van der Waals surface area contributed by atoms with E-state index in [1.807, 2.05) is 18.2 Å². The Morgan fingerprint density at radius 3 is 2.82 bits per heavy atom. The zero-order valence-electron chi connectivity index (χ0n) is 23.2. The third-order valence-corrected chi connectivity index (χ3v) is 8.40. The summed E-state index contributed by atoms with van der Waals surface area (Å²) in [5.41, 5.74) is 3.84. The van der Waals surface area contributed by atoms with Gasteiger partial charge in [-0.2, -0.15) is 10.2 Å². The molecule has 9 nitrogen and oxygen atoms in total. The van der Waals surface area contributed by atoms with Gasteiger partial charge in [-0.15, -0.1) is 0 Å². The molecule has 0 amide bonds. The smallest absolute Gasteiger partial charge is 0.297 e. The van der Waals surface area contributed by atoms with E-state index in [1.165, 1.54) is 0 Å². The van der Waals surface area contributed by atoms with Crippen molar-refractivity contribution in [3.8, 4) is 23.1 Å². The average Bonchev–Trinajstić information content (AvgIpc) is 3.29. The maximum absolute atomic E-state index is 9.61. The van der Waals surface area contributed by atoms with Gasteiger partial charge < -0.3 is 28.8 Å². The number of rotatable bonds is 12. The summed E-state index contributed by atoms with van der Waals surface area (Å²) in [6.45, 7) is 13.3. The van der Waals surface area contributed by atoms with E-state index in [-0.39, 0.29) is 6.79 Å². The minimum atomic E-state index is -1.20. The number of likely N-dealkylation sites (N-methyl/N-ethyl adjacent to an activating group) is 1. The van der Waals surface area contributed by atoms with Crippen LogP contribution in [0.3, 0.4) is 0 Å². The van der Waals surface area contributed by atoms with Crippen LogP contribution in [0.25, 0.3) is 22.5 Å². The highest BCUT2D eigenvalue weighted by molar-refractivity contribution is 6.76. The molecule has 204 valence electrons. The van der Waals surface area contributed by atoms with Gasteiger partial charge in [0.1, 0.15) is 5.75 Å². The Balaban J connectivity index is 1.59. The number of methoxy groups -OCH3 is 1. The standard InChI is InChI=1S/C28H39N5O4Si/c1-6-33-11-7-8-22(17-33)30-28-32-27-24(37-28)10-9-23(31-27)26-21(18-34-2)14-20(16-29)15-25(26)36-19-35-12-13-38(3,4)5/h9-10,14-15,22H,6-8,11-13,17-19H2,1-5H3,(H,30,31,32). The summed E-state index contributed by atoms with van der Waals surface area (Å²) in [4.78, 5) is 11.9. The highest BCUT2D eigenvalue weighted by Crippen LogP contribution is 2.36. The number of oxazole rings is 1. The fraction of sp³-hybridized carbons (Fsp3) is 0.536. The van der Waals surface area contributed by atoms with Crippen LogP contribution in [0, 0.1) is 11.3 Å². The molecule has 0 aliphatic carbocycles. The van der Waals surface area contributed by atoms with Gasteiger partial charge in [0.2, 0.25) is 5.65 Å². The molecular weight excluding hydrogens is 498 g/mol. The number of hydrogen-bond acceptors (Lipinski definition) is 9. The van der Waals surface area contributed by atoms with Gasteiger partial charge in [-0.05, 0) is 61.8 Å². The molecule has 1 unspecified atom stereocenters. The molecule has 1 aromatic carbocycles. The van der Waals surface area contributed by atoms with E-state index < -0.39 is 8.07 Å². The van der Waals surface area contributed by atoms with Crippen LogP contribution < -0.4 is 10.1 Å². The van der Waals surface area contributed by atoms with Crippen molar-refractivity contribution in [1.82, 2.24) is 14.9 Å². The quantitative estimate of drug-likeness (QED) is 0.182. The van der Waals surface area contributed by atoms with Gasteiger partial charge in [-0.1, -0.05) is 26.6 Å². The summed E-state index contributed by atoms with van der Waals surface area (Å²) < 4.78 is 23.3. The van der Waals surface area contributed by atoms with Crippen LogP contribution >= 0.6 is 0 Å². The number of nitrogens with one attached hydrogen (secondary N) is 1. The van der Waals surface area contributed by atoms with Crippen molar-refractivity contribution < 1.29 is 18.6 Å². The number of piperidine rings is 1. The lowest BCUT2D eigenvalue weighted by atomic mass is 10.00. The average molecular weight is 538 g/mol. The summed E-state index contributed by atoms with van der Waals surface area (Å²) in [5, 5.41) is 13.1. The second-order valence-electron chi connectivity index (χ2n) is 10.9. The van der Waals surface area contributed by atoms with Gasteiger partial charge in [0.15, 0.2) is 12.4 Å². The van der Waals surface area contributed by atoms with E-state index in [0.29, 0.717) is 53.5 Å². The minimum Gasteiger partial charge on any atom is -0.467 e. The molecular formula is C28H39N5O4Si. The van der Waals surface area contributed by atoms with Crippen LogP contribution in [0.4, 0.5) is 6.01 Å². The van der Waals surface area contributed by atoms with Crippen molar-refractivity contribution in [1.29, 1.82) is 5.26 Å². The summed E-state index contributed by atoms with van der Waals surface area (Å²) in [7, 11) is 0.423. The number of nitriles is 1. The van der Waals surface area contributed by atoms with Gasteiger partial charge >= 0.3 is 0 Å². The molecule has 1 fully saturated rings.